The maximum atomic E-state index is 12.9. The number of aliphatic hydroxyl groups excluding tert-OH is 4. The Morgan fingerprint density at radius 3 is 1.34 bits per heavy atom. The van der Waals surface area contributed by atoms with E-state index in [9.17, 15) is 52.8 Å². The molecule has 1 amide bonds. The minimum Gasteiger partial charge on any atom is -0.507 e. The average molecular weight is 1950 g/mol. The van der Waals surface area contributed by atoms with Gasteiger partial charge in [-0.25, -0.2) is 0 Å². The van der Waals surface area contributed by atoms with E-state index in [1.165, 1.54) is 62.3 Å². The first kappa shape index (κ1) is 105. The van der Waals surface area contributed by atoms with E-state index in [0.717, 1.165) is 79.6 Å². The van der Waals surface area contributed by atoms with Gasteiger partial charge in [0.1, 0.15) is 47.4 Å². The van der Waals surface area contributed by atoms with Crippen LogP contribution in [0.4, 0.5) is 30.2 Å². The number of ether oxygens (including phenoxy) is 2. The Morgan fingerprint density at radius 1 is 0.466 bits per heavy atom. The molecule has 6 aliphatic rings. The molecule has 146 heavy (non-hydrogen) atoms. The number of aromatic hydroxyl groups is 2. The predicted octanol–water partition coefficient (Wildman–Crippen LogP) is 29.0. The molecule has 17 aromatic rings. The van der Waals surface area contributed by atoms with Crippen molar-refractivity contribution in [1.82, 2.24) is 0 Å². The summed E-state index contributed by atoms with van der Waals surface area (Å²) in [5, 5.41) is 67.3. The summed E-state index contributed by atoms with van der Waals surface area (Å²) in [7, 11) is 0. The van der Waals surface area contributed by atoms with Gasteiger partial charge in [0.05, 0.1) is 24.8 Å². The standard InChI is InChI=1S/C17H18N2.C16H11F3O.C16H15NO.C15H12O2.C14H14O2.C14H12O2.C14H12O.C12H14O.C8H10O.CHNO/c1-12-3-5-16-14(7-12)9-18-11-19(16)10-15-8-13(2)4-6-17(15)18;17-16(18,19)15(20)14-12-7-3-1-5-10(12)9-11-6-2-4-8-13(11)14;18-16(17-13-9-5-2-6-10-13)15-11-14(15)12-7-3-1-4-8-12;16-13-10-15(11-6-2-1-3-7-11)17-14-9-5-4-8-12(13)14;1-9-5-3-7-11(15)13(9)14-10(2)6-4-8-12(14)16;15-13(11-7-3-1-4-8-11)14(16)12-9-5-2-6-10-12;1-3-7-11(8-4-1)13-14(15-13)12-9-5-2-6-10-12;13-12-9-5-4-8-11(12)10-6-2-1-3-7-10;1-7(9)8-5-3-2-4-6-8;2-1-3/h3-8H,9-11H2,1-2H3;1-9,15,20H;1-10,14-15H,11H2,(H,17,18);1-9,15H,10H2;3-8,15-16H,1-2H3;1-10,13,15H;1-10,13-14H;1-3,6-7,11H,4-5,8-9H2;2-7,9H,1H3;3H. The van der Waals surface area contributed by atoms with Gasteiger partial charge in [-0.05, 0) is 197 Å². The number of rotatable bonds is 13. The Bertz CT molecular complexity index is 6930. The van der Waals surface area contributed by atoms with Crippen molar-refractivity contribution < 1.29 is 72.5 Å². The average Bonchev–Trinajstić information content (AvgIpc) is 1.47. The molecule has 1 saturated heterocycles. The third kappa shape index (κ3) is 28.6. The number of benzene rings is 17. The molecule has 2 saturated carbocycles. The maximum absolute atomic E-state index is 12.9. The van der Waals surface area contributed by atoms with Gasteiger partial charge < -0.3 is 55.2 Å². The molecule has 7 N–H and O–H groups in total. The van der Waals surface area contributed by atoms with Gasteiger partial charge in [-0.15, -0.1) is 0 Å². The number of para-hydroxylation sites is 2. The lowest BCUT2D eigenvalue weighted by Gasteiger charge is -2.45. The van der Waals surface area contributed by atoms with Crippen molar-refractivity contribution in [2.75, 3.05) is 21.8 Å². The summed E-state index contributed by atoms with van der Waals surface area (Å²) in [6.45, 7) is 13.0. The summed E-state index contributed by atoms with van der Waals surface area (Å²) in [4.78, 5) is 52.5. The number of epoxide rings is 1. The molecule has 740 valence electrons. The number of carbonyl (C=O) groups excluding carboxylic acids is 4. The fraction of sp³-hybridized carbons (Fsp3) is 0.189. The molecule has 9 atom stereocenters. The van der Waals surface area contributed by atoms with Gasteiger partial charge in [0.2, 0.25) is 5.91 Å². The number of ketones is 3. The number of halogens is 3. The van der Waals surface area contributed by atoms with Gasteiger partial charge in [0, 0.05) is 70.7 Å². The largest absolute Gasteiger partial charge is 0.507 e. The lowest BCUT2D eigenvalue weighted by Crippen LogP contribution is -2.46. The fourth-order valence-corrected chi connectivity index (χ4v) is 18.4. The number of phenols is 2. The Hall–Kier alpha value is -16.3. The van der Waals surface area contributed by atoms with Crippen molar-refractivity contribution in [3.05, 3.63) is 514 Å². The van der Waals surface area contributed by atoms with Gasteiger partial charge in [-0.1, -0.05) is 388 Å². The van der Waals surface area contributed by atoms with Crippen molar-refractivity contribution >= 4 is 61.9 Å². The summed E-state index contributed by atoms with van der Waals surface area (Å²) in [5.74, 6) is 2.25. The third-order valence-corrected chi connectivity index (χ3v) is 26.0. The maximum Gasteiger partial charge on any atom is 0.418 e. The Morgan fingerprint density at radius 2 is 0.884 bits per heavy atom. The highest BCUT2D eigenvalue weighted by Crippen LogP contribution is 2.52. The third-order valence-electron chi connectivity index (χ3n) is 26.0. The highest BCUT2D eigenvalue weighted by molar-refractivity contribution is 6.03. The van der Waals surface area contributed by atoms with Crippen LogP contribution >= 0.6 is 0 Å². The number of carbonyl (C=O) groups is 4. The zero-order valence-electron chi connectivity index (χ0n) is 82.1. The number of fused-ring (bicyclic) bond motifs is 9. The van der Waals surface area contributed by atoms with Crippen LogP contribution in [0.5, 0.6) is 17.2 Å². The van der Waals surface area contributed by atoms with Crippen molar-refractivity contribution in [3.8, 4) is 34.6 Å². The number of nitriles is 1. The van der Waals surface area contributed by atoms with E-state index in [0.29, 0.717) is 73.2 Å². The molecule has 17 aromatic carbocycles. The minimum absolute atomic E-state index is 0.0776. The zero-order chi connectivity index (χ0) is 103. The van der Waals surface area contributed by atoms with Crippen LogP contribution in [0, 0.1) is 45.1 Å². The van der Waals surface area contributed by atoms with Crippen molar-refractivity contribution in [2.45, 2.75) is 141 Å². The monoisotopic (exact) mass is 1950 g/mol. The van der Waals surface area contributed by atoms with E-state index >= 15 is 0 Å². The molecule has 0 radical (unpaired) electrons. The highest BCUT2D eigenvalue weighted by atomic mass is 19.4. The number of alkyl halides is 3. The number of amides is 1. The molecule has 9 unspecified atom stereocenters. The number of hydrogen-bond acceptors (Lipinski definition) is 15. The van der Waals surface area contributed by atoms with Crippen LogP contribution in [0.25, 0.3) is 32.7 Å². The molecule has 2 aliphatic carbocycles. The molecule has 2 bridgehead atoms. The molecular formula is C127H119F3N4O12. The van der Waals surface area contributed by atoms with Crippen LogP contribution in [-0.2, 0) is 27.4 Å². The van der Waals surface area contributed by atoms with Gasteiger partial charge in [-0.3, -0.25) is 19.2 Å². The van der Waals surface area contributed by atoms with E-state index in [1.54, 1.807) is 128 Å². The second kappa shape index (κ2) is 51.6. The van der Waals surface area contributed by atoms with E-state index < -0.39 is 18.4 Å². The Balaban J connectivity index is 0.000000130. The number of aliphatic hydroxyl groups is 4. The number of Topliss-reactive ketones (excluding diaryl/α,β-unsaturated/α-hetero) is 3. The molecule has 23 rings (SSSR count). The smallest absolute Gasteiger partial charge is 0.418 e. The lowest BCUT2D eigenvalue weighted by molar-refractivity contribution is -0.206. The molecular weight excluding hydrogens is 1830 g/mol. The second-order valence-corrected chi connectivity index (χ2v) is 36.5. The summed E-state index contributed by atoms with van der Waals surface area (Å²) in [5.41, 5.74) is 21.4. The quantitative estimate of drug-likeness (QED) is 0.0245. The zero-order valence-corrected chi connectivity index (χ0v) is 82.1. The second-order valence-electron chi connectivity index (χ2n) is 36.5. The van der Waals surface area contributed by atoms with Crippen molar-refractivity contribution in [1.29, 1.82) is 5.26 Å². The first-order chi connectivity index (χ1) is 70.8. The minimum atomic E-state index is -4.69. The number of anilines is 3. The van der Waals surface area contributed by atoms with Crippen LogP contribution < -0.4 is 19.9 Å². The van der Waals surface area contributed by atoms with Crippen LogP contribution in [0.2, 0.25) is 0 Å². The topological polar surface area (TPSA) is 254 Å². The predicted molar refractivity (Wildman–Crippen MR) is 573 cm³/mol. The SMILES string of the molecule is CC(O)c1ccccc1.Cc1ccc2c(c1)CN1CN2Cc2cc(C)ccc21.Cc1cccc(O)c1-c1c(C)cccc1O.N#CO.O=C(Nc1ccccc1)C1CC1c1ccccc1.O=C(c1ccccc1)C(O)c1ccccc1.O=C1CC(c2ccccc2)Oc2ccccc21.O=C1CCCCC1c1ccccc1.OC(c1c2ccccc2cc2ccccc12)C(F)(F)F.c1ccc(C2OC2c2ccccc2)cc1. The van der Waals surface area contributed by atoms with E-state index in [1.807, 2.05) is 208 Å². The highest BCUT2D eigenvalue weighted by Gasteiger charge is 2.45. The lowest BCUT2D eigenvalue weighted by atomic mass is 9.83. The van der Waals surface area contributed by atoms with Gasteiger partial charge in [0.15, 0.2) is 17.7 Å². The first-order valence-corrected chi connectivity index (χ1v) is 48.9. The Kier molecular flexibility index (Phi) is 37.2. The number of nitrogens with one attached hydrogen (secondary N) is 1. The number of phenolic OH excluding ortho intramolecular Hbond substituents is 2. The van der Waals surface area contributed by atoms with Crippen LogP contribution in [-0.4, -0.2) is 66.7 Å². The fourth-order valence-electron chi connectivity index (χ4n) is 18.4. The van der Waals surface area contributed by atoms with Crippen molar-refractivity contribution in [2.24, 2.45) is 5.92 Å². The number of aryl methyl sites for hydroxylation is 4. The summed E-state index contributed by atoms with van der Waals surface area (Å²) in [6, 6.07) is 135. The molecule has 0 aromatic heterocycles. The summed E-state index contributed by atoms with van der Waals surface area (Å²) in [6.07, 6.45) is -2.00. The molecule has 0 spiro atoms. The molecule has 3 fully saturated rings. The normalized spacial score (nSPS) is 16.6. The van der Waals surface area contributed by atoms with Gasteiger partial charge in [0.25, 0.3) is 6.26 Å². The molecule has 4 aliphatic heterocycles. The molecule has 19 heteroatoms. The first-order valence-electron chi connectivity index (χ1n) is 48.9. The van der Waals surface area contributed by atoms with Crippen molar-refractivity contribution in [3.63, 3.8) is 0 Å². The molecule has 4 heterocycles. The summed E-state index contributed by atoms with van der Waals surface area (Å²) < 4.78 is 50.4. The van der Waals surface area contributed by atoms with Crippen LogP contribution in [0.15, 0.2) is 425 Å². The molecule has 16 nitrogen and oxygen atoms in total. The van der Waals surface area contributed by atoms with Gasteiger partial charge >= 0.3 is 6.18 Å². The number of hydrogen-bond donors (Lipinski definition) is 7. The van der Waals surface area contributed by atoms with E-state index in [4.69, 9.17) is 24.9 Å². The Labute approximate surface area is 851 Å². The summed E-state index contributed by atoms with van der Waals surface area (Å²) >= 11 is 0. The van der Waals surface area contributed by atoms with Gasteiger partial charge in [-0.2, -0.15) is 18.4 Å². The van der Waals surface area contributed by atoms with E-state index in [2.05, 4.69) is 138 Å². The van der Waals surface area contributed by atoms with Crippen LogP contribution in [0.1, 0.15) is 193 Å². The van der Waals surface area contributed by atoms with Crippen LogP contribution in [0.3, 0.4) is 0 Å². The van der Waals surface area contributed by atoms with E-state index in [-0.39, 0.29) is 70.8 Å². The number of nitrogens with zero attached hydrogens (tertiary/aromatic N) is 3.